The first-order valence-corrected chi connectivity index (χ1v) is 7.09. The number of fused-ring (bicyclic) bond motifs is 1. The van der Waals surface area contributed by atoms with Gasteiger partial charge in [0.2, 0.25) is 0 Å². The van der Waals surface area contributed by atoms with Gasteiger partial charge in [-0.3, -0.25) is 5.41 Å². The SMILES string of the molecule is CC1(C)CN(c2nc3ccccc3cc2C(=N)N)CCO1. The molecule has 5 nitrogen and oxygen atoms in total. The minimum atomic E-state index is -0.223. The van der Waals surface area contributed by atoms with Gasteiger partial charge in [0.25, 0.3) is 0 Å². The number of hydrogen-bond donors (Lipinski definition) is 2. The molecule has 1 saturated heterocycles. The highest BCUT2D eigenvalue weighted by Gasteiger charge is 2.29. The lowest BCUT2D eigenvalue weighted by molar-refractivity contribution is -0.0279. The molecule has 1 aliphatic rings. The van der Waals surface area contributed by atoms with Gasteiger partial charge in [-0.05, 0) is 26.0 Å². The number of nitrogens with two attached hydrogens (primary N) is 1. The standard InChI is InChI=1S/C16H20N4O/c1-16(2)10-20(7-8-21-16)15-12(14(17)18)9-11-5-3-4-6-13(11)19-15/h3-6,9H,7-8,10H2,1-2H3,(H3,17,18). The van der Waals surface area contributed by atoms with E-state index in [1.54, 1.807) is 0 Å². The van der Waals surface area contributed by atoms with Crippen molar-refractivity contribution in [2.75, 3.05) is 24.6 Å². The monoisotopic (exact) mass is 284 g/mol. The molecule has 1 aliphatic heterocycles. The number of amidine groups is 1. The zero-order chi connectivity index (χ0) is 15.0. The minimum absolute atomic E-state index is 0.0487. The van der Waals surface area contributed by atoms with Gasteiger partial charge < -0.3 is 15.4 Å². The minimum Gasteiger partial charge on any atom is -0.384 e. The largest absolute Gasteiger partial charge is 0.384 e. The van der Waals surface area contributed by atoms with Crippen molar-refractivity contribution >= 4 is 22.6 Å². The first-order chi connectivity index (χ1) is 9.96. The molecule has 1 aromatic heterocycles. The second kappa shape index (κ2) is 5.00. The maximum Gasteiger partial charge on any atom is 0.140 e. The summed E-state index contributed by atoms with van der Waals surface area (Å²) in [6.45, 7) is 6.27. The summed E-state index contributed by atoms with van der Waals surface area (Å²) < 4.78 is 5.75. The van der Waals surface area contributed by atoms with E-state index < -0.39 is 0 Å². The number of hydrogen-bond acceptors (Lipinski definition) is 4. The van der Waals surface area contributed by atoms with E-state index in [0.717, 1.165) is 29.8 Å². The molecule has 3 N–H and O–H groups in total. The third-order valence-electron chi connectivity index (χ3n) is 3.72. The van der Waals surface area contributed by atoms with Crippen LogP contribution in [0.3, 0.4) is 0 Å². The number of benzene rings is 1. The fraction of sp³-hybridized carbons (Fsp3) is 0.375. The van der Waals surface area contributed by atoms with Crippen molar-refractivity contribution in [3.05, 3.63) is 35.9 Å². The molecule has 21 heavy (non-hydrogen) atoms. The highest BCUT2D eigenvalue weighted by atomic mass is 16.5. The summed E-state index contributed by atoms with van der Waals surface area (Å²) in [5.74, 6) is 0.824. The van der Waals surface area contributed by atoms with Gasteiger partial charge in [-0.15, -0.1) is 0 Å². The number of rotatable bonds is 2. The molecule has 0 radical (unpaired) electrons. The molecule has 0 aliphatic carbocycles. The van der Waals surface area contributed by atoms with Crippen LogP contribution in [0.15, 0.2) is 30.3 Å². The quantitative estimate of drug-likeness (QED) is 0.654. The van der Waals surface area contributed by atoms with Gasteiger partial charge in [-0.25, -0.2) is 4.98 Å². The van der Waals surface area contributed by atoms with Crippen molar-refractivity contribution in [2.24, 2.45) is 5.73 Å². The van der Waals surface area contributed by atoms with Gasteiger partial charge in [-0.1, -0.05) is 18.2 Å². The van der Waals surface area contributed by atoms with Gasteiger partial charge in [-0.2, -0.15) is 0 Å². The van der Waals surface area contributed by atoms with E-state index in [9.17, 15) is 0 Å². The normalized spacial score (nSPS) is 17.9. The van der Waals surface area contributed by atoms with E-state index in [1.165, 1.54) is 0 Å². The van der Waals surface area contributed by atoms with Crippen LogP contribution in [0.5, 0.6) is 0 Å². The number of pyridine rings is 1. The smallest absolute Gasteiger partial charge is 0.140 e. The predicted molar refractivity (Wildman–Crippen MR) is 85.0 cm³/mol. The Kier molecular flexibility index (Phi) is 3.29. The number of ether oxygens (including phenoxy) is 1. The Balaban J connectivity index is 2.11. The molecule has 0 bridgehead atoms. The zero-order valence-electron chi connectivity index (χ0n) is 12.4. The summed E-state index contributed by atoms with van der Waals surface area (Å²) >= 11 is 0. The summed E-state index contributed by atoms with van der Waals surface area (Å²) in [4.78, 5) is 6.89. The molecule has 2 heterocycles. The van der Waals surface area contributed by atoms with Gasteiger partial charge in [0.05, 0.1) is 23.3 Å². The molecule has 0 amide bonds. The topological polar surface area (TPSA) is 75.2 Å². The van der Waals surface area contributed by atoms with E-state index in [0.29, 0.717) is 12.2 Å². The van der Waals surface area contributed by atoms with Crippen molar-refractivity contribution in [1.29, 1.82) is 5.41 Å². The van der Waals surface area contributed by atoms with Gasteiger partial charge in [0.1, 0.15) is 11.7 Å². The molecule has 2 aromatic rings. The Morgan fingerprint density at radius 1 is 1.38 bits per heavy atom. The fourth-order valence-corrected chi connectivity index (χ4v) is 2.74. The van der Waals surface area contributed by atoms with Gasteiger partial charge in [0, 0.05) is 18.5 Å². The van der Waals surface area contributed by atoms with Crippen molar-refractivity contribution in [2.45, 2.75) is 19.4 Å². The Hall–Kier alpha value is -2.14. The summed E-state index contributed by atoms with van der Waals surface area (Å²) in [6, 6.07) is 9.85. The Morgan fingerprint density at radius 2 is 2.14 bits per heavy atom. The third kappa shape index (κ3) is 2.69. The molecule has 3 rings (SSSR count). The number of nitrogen functional groups attached to an aromatic ring is 1. The van der Waals surface area contributed by atoms with Crippen LogP contribution < -0.4 is 10.6 Å². The van der Waals surface area contributed by atoms with Crippen LogP contribution in [0.4, 0.5) is 5.82 Å². The maximum atomic E-state index is 7.85. The van der Waals surface area contributed by atoms with E-state index in [-0.39, 0.29) is 11.4 Å². The summed E-state index contributed by atoms with van der Waals surface area (Å²) in [6.07, 6.45) is 0. The Morgan fingerprint density at radius 3 is 2.86 bits per heavy atom. The maximum absolute atomic E-state index is 7.85. The molecule has 0 saturated carbocycles. The van der Waals surface area contributed by atoms with Crippen LogP contribution in [0.1, 0.15) is 19.4 Å². The predicted octanol–water partition coefficient (Wildman–Crippen LogP) is 2.13. The highest BCUT2D eigenvalue weighted by molar-refractivity contribution is 6.03. The zero-order valence-corrected chi connectivity index (χ0v) is 12.4. The molecular weight excluding hydrogens is 264 g/mol. The molecule has 5 heteroatoms. The van der Waals surface area contributed by atoms with Crippen molar-refractivity contribution in [1.82, 2.24) is 4.98 Å². The van der Waals surface area contributed by atoms with Gasteiger partial charge >= 0.3 is 0 Å². The molecule has 110 valence electrons. The van der Waals surface area contributed by atoms with Crippen LogP contribution in [0.2, 0.25) is 0 Å². The average molecular weight is 284 g/mol. The number of nitrogens with one attached hydrogen (secondary N) is 1. The lowest BCUT2D eigenvalue weighted by Gasteiger charge is -2.39. The fourth-order valence-electron chi connectivity index (χ4n) is 2.74. The van der Waals surface area contributed by atoms with E-state index in [1.807, 2.05) is 30.3 Å². The Labute approximate surface area is 124 Å². The van der Waals surface area contributed by atoms with Crippen LogP contribution in [0, 0.1) is 5.41 Å². The summed E-state index contributed by atoms with van der Waals surface area (Å²) in [5.41, 5.74) is 7.15. The van der Waals surface area contributed by atoms with Crippen LogP contribution in [0.25, 0.3) is 10.9 Å². The average Bonchev–Trinajstić information content (AvgIpc) is 2.44. The van der Waals surface area contributed by atoms with E-state index in [2.05, 4.69) is 18.7 Å². The molecule has 0 atom stereocenters. The Bertz CT molecular complexity index is 696. The van der Waals surface area contributed by atoms with Crippen molar-refractivity contribution in [3.63, 3.8) is 0 Å². The van der Waals surface area contributed by atoms with Gasteiger partial charge in [0.15, 0.2) is 0 Å². The van der Waals surface area contributed by atoms with Crippen LogP contribution in [-0.4, -0.2) is 36.1 Å². The third-order valence-corrected chi connectivity index (χ3v) is 3.72. The second-order valence-electron chi connectivity index (χ2n) is 6.00. The number of nitrogens with zero attached hydrogens (tertiary/aromatic N) is 2. The van der Waals surface area contributed by atoms with Crippen LogP contribution in [-0.2, 0) is 4.74 Å². The second-order valence-corrected chi connectivity index (χ2v) is 6.00. The van der Waals surface area contributed by atoms with Crippen molar-refractivity contribution < 1.29 is 4.74 Å². The summed E-state index contributed by atoms with van der Waals surface area (Å²) in [5, 5.41) is 8.85. The number of para-hydroxylation sites is 1. The lowest BCUT2D eigenvalue weighted by atomic mass is 10.1. The summed E-state index contributed by atoms with van der Waals surface area (Å²) in [7, 11) is 0. The number of aromatic nitrogens is 1. The first kappa shape index (κ1) is 13.8. The molecular formula is C16H20N4O. The first-order valence-electron chi connectivity index (χ1n) is 7.09. The van der Waals surface area contributed by atoms with Crippen LogP contribution >= 0.6 is 0 Å². The van der Waals surface area contributed by atoms with E-state index >= 15 is 0 Å². The molecule has 1 aromatic carbocycles. The van der Waals surface area contributed by atoms with Crippen molar-refractivity contribution in [3.8, 4) is 0 Å². The molecule has 1 fully saturated rings. The molecule has 0 unspecified atom stereocenters. The highest BCUT2D eigenvalue weighted by Crippen LogP contribution is 2.27. The number of morpholine rings is 1. The lowest BCUT2D eigenvalue weighted by Crippen LogP contribution is -2.49. The number of anilines is 1. The van der Waals surface area contributed by atoms with E-state index in [4.69, 9.17) is 20.9 Å². The molecule has 0 spiro atoms.